The van der Waals surface area contributed by atoms with Crippen LogP contribution in [0.5, 0.6) is 0 Å². The van der Waals surface area contributed by atoms with Gasteiger partial charge in [-0.2, -0.15) is 0 Å². The molecular weight excluding hydrogens is 134 g/mol. The Kier molecular flexibility index (Phi) is 1.54. The molecule has 0 aromatic carbocycles. The van der Waals surface area contributed by atoms with Gasteiger partial charge in [-0.3, -0.25) is 0 Å². The molecule has 0 spiro atoms. The molecular formula is C10H19N. The van der Waals surface area contributed by atoms with Crippen molar-refractivity contribution in [1.29, 1.82) is 0 Å². The maximum Gasteiger partial charge on any atom is 0.0130 e. The smallest absolute Gasteiger partial charge is 0.0130 e. The fraction of sp³-hybridized carbons (Fsp3) is 1.00. The molecule has 2 atom stereocenters. The summed E-state index contributed by atoms with van der Waals surface area (Å²) in [6, 6.07) is 0.505. The van der Waals surface area contributed by atoms with E-state index in [0.29, 0.717) is 11.5 Å². The molecule has 0 aromatic heterocycles. The monoisotopic (exact) mass is 153 g/mol. The van der Waals surface area contributed by atoms with E-state index in [0.717, 1.165) is 11.8 Å². The summed E-state index contributed by atoms with van der Waals surface area (Å²) >= 11 is 0. The Morgan fingerprint density at radius 1 is 1.18 bits per heavy atom. The van der Waals surface area contributed by atoms with Crippen LogP contribution in [0.4, 0.5) is 0 Å². The summed E-state index contributed by atoms with van der Waals surface area (Å²) in [5, 5.41) is 0. The zero-order valence-electron chi connectivity index (χ0n) is 7.64. The standard InChI is InChI=1S/C10H19N/c1-10(2)8(9(10)11)7-5-3-4-6-7/h7-9H,3-6,11H2,1-2H3/t8-,9-/m1/s1. The molecule has 2 rings (SSSR count). The summed E-state index contributed by atoms with van der Waals surface area (Å²) in [4.78, 5) is 0. The molecule has 0 unspecified atom stereocenters. The van der Waals surface area contributed by atoms with Crippen LogP contribution in [0.25, 0.3) is 0 Å². The third kappa shape index (κ3) is 1.01. The topological polar surface area (TPSA) is 26.0 Å². The molecule has 64 valence electrons. The highest BCUT2D eigenvalue weighted by Gasteiger charge is 2.58. The Balaban J connectivity index is 1.98. The highest BCUT2D eigenvalue weighted by Crippen LogP contribution is 2.57. The Labute approximate surface area is 69.4 Å². The first-order chi connectivity index (χ1) is 5.14. The van der Waals surface area contributed by atoms with Gasteiger partial charge in [-0.05, 0) is 17.3 Å². The van der Waals surface area contributed by atoms with E-state index in [4.69, 9.17) is 5.73 Å². The molecule has 1 nitrogen and oxygen atoms in total. The second kappa shape index (κ2) is 2.22. The predicted octanol–water partition coefficient (Wildman–Crippen LogP) is 2.16. The van der Waals surface area contributed by atoms with Gasteiger partial charge in [0.2, 0.25) is 0 Å². The molecule has 0 aliphatic heterocycles. The molecule has 0 heterocycles. The minimum Gasteiger partial charge on any atom is -0.327 e. The fourth-order valence-electron chi connectivity index (χ4n) is 2.94. The summed E-state index contributed by atoms with van der Waals surface area (Å²) in [5.41, 5.74) is 6.49. The van der Waals surface area contributed by atoms with Gasteiger partial charge in [0.25, 0.3) is 0 Å². The molecule has 0 saturated heterocycles. The Morgan fingerprint density at radius 2 is 1.64 bits per heavy atom. The van der Waals surface area contributed by atoms with Crippen molar-refractivity contribution >= 4 is 0 Å². The van der Waals surface area contributed by atoms with Crippen LogP contribution in [0, 0.1) is 17.3 Å². The van der Waals surface area contributed by atoms with E-state index in [1.165, 1.54) is 25.7 Å². The van der Waals surface area contributed by atoms with Crippen molar-refractivity contribution in [2.75, 3.05) is 0 Å². The fourth-order valence-corrected chi connectivity index (χ4v) is 2.94. The van der Waals surface area contributed by atoms with Crippen molar-refractivity contribution < 1.29 is 0 Å². The maximum atomic E-state index is 6.02. The minimum absolute atomic E-state index is 0.467. The van der Waals surface area contributed by atoms with Gasteiger partial charge < -0.3 is 5.73 Å². The van der Waals surface area contributed by atoms with Gasteiger partial charge in [0.05, 0.1) is 0 Å². The van der Waals surface area contributed by atoms with E-state index in [9.17, 15) is 0 Å². The second-order valence-corrected chi connectivity index (χ2v) is 4.92. The molecule has 0 aromatic rings. The van der Waals surface area contributed by atoms with Crippen molar-refractivity contribution in [1.82, 2.24) is 0 Å². The zero-order chi connectivity index (χ0) is 8.06. The number of hydrogen-bond donors (Lipinski definition) is 1. The molecule has 11 heavy (non-hydrogen) atoms. The van der Waals surface area contributed by atoms with Gasteiger partial charge >= 0.3 is 0 Å². The van der Waals surface area contributed by atoms with E-state index in [1.54, 1.807) is 0 Å². The molecule has 2 aliphatic rings. The van der Waals surface area contributed by atoms with Crippen LogP contribution >= 0.6 is 0 Å². The molecule has 2 fully saturated rings. The molecule has 0 radical (unpaired) electrons. The van der Waals surface area contributed by atoms with Gasteiger partial charge in [-0.15, -0.1) is 0 Å². The number of nitrogens with two attached hydrogens (primary N) is 1. The van der Waals surface area contributed by atoms with Gasteiger partial charge in [0.1, 0.15) is 0 Å². The highest BCUT2D eigenvalue weighted by molar-refractivity contribution is 5.11. The van der Waals surface area contributed by atoms with Crippen molar-refractivity contribution in [3.63, 3.8) is 0 Å². The third-order valence-corrected chi connectivity index (χ3v) is 3.90. The lowest BCUT2D eigenvalue weighted by Crippen LogP contribution is -2.08. The molecule has 1 heteroatoms. The van der Waals surface area contributed by atoms with E-state index in [-0.39, 0.29) is 0 Å². The highest BCUT2D eigenvalue weighted by atomic mass is 14.8. The third-order valence-electron chi connectivity index (χ3n) is 3.90. The molecule has 0 amide bonds. The van der Waals surface area contributed by atoms with Crippen LogP contribution in [0.1, 0.15) is 39.5 Å². The summed E-state index contributed by atoms with van der Waals surface area (Å²) in [6.07, 6.45) is 5.79. The molecule has 2 saturated carbocycles. The van der Waals surface area contributed by atoms with Crippen LogP contribution in [0.2, 0.25) is 0 Å². The quantitative estimate of drug-likeness (QED) is 0.614. The predicted molar refractivity (Wildman–Crippen MR) is 47.2 cm³/mol. The average molecular weight is 153 g/mol. The maximum absolute atomic E-state index is 6.02. The van der Waals surface area contributed by atoms with Crippen molar-refractivity contribution in [2.45, 2.75) is 45.6 Å². The Bertz CT molecular complexity index is 156. The second-order valence-electron chi connectivity index (χ2n) is 4.92. The number of hydrogen-bond acceptors (Lipinski definition) is 1. The first-order valence-corrected chi connectivity index (χ1v) is 4.89. The summed E-state index contributed by atoms with van der Waals surface area (Å²) < 4.78 is 0. The normalized spacial score (nSPS) is 42.8. The van der Waals surface area contributed by atoms with E-state index in [1.807, 2.05) is 0 Å². The van der Waals surface area contributed by atoms with Crippen LogP contribution in [-0.4, -0.2) is 6.04 Å². The van der Waals surface area contributed by atoms with Crippen molar-refractivity contribution in [3.05, 3.63) is 0 Å². The molecule has 2 N–H and O–H groups in total. The number of rotatable bonds is 1. The van der Waals surface area contributed by atoms with Crippen LogP contribution in [-0.2, 0) is 0 Å². The Hall–Kier alpha value is -0.0400. The van der Waals surface area contributed by atoms with E-state index < -0.39 is 0 Å². The van der Waals surface area contributed by atoms with Crippen LogP contribution in [0.15, 0.2) is 0 Å². The van der Waals surface area contributed by atoms with E-state index in [2.05, 4.69) is 13.8 Å². The molecule has 0 bridgehead atoms. The first kappa shape index (κ1) is 7.60. The minimum atomic E-state index is 0.467. The average Bonchev–Trinajstić information content (AvgIpc) is 2.40. The van der Waals surface area contributed by atoms with Gasteiger partial charge in [0, 0.05) is 6.04 Å². The van der Waals surface area contributed by atoms with Gasteiger partial charge in [0.15, 0.2) is 0 Å². The van der Waals surface area contributed by atoms with Crippen LogP contribution in [0.3, 0.4) is 0 Å². The van der Waals surface area contributed by atoms with E-state index >= 15 is 0 Å². The van der Waals surface area contributed by atoms with Crippen molar-refractivity contribution in [3.8, 4) is 0 Å². The lowest BCUT2D eigenvalue weighted by Gasteiger charge is -2.09. The summed E-state index contributed by atoms with van der Waals surface area (Å²) in [5.74, 6) is 1.82. The lowest BCUT2D eigenvalue weighted by molar-refractivity contribution is 0.402. The summed E-state index contributed by atoms with van der Waals surface area (Å²) in [6.45, 7) is 4.64. The largest absolute Gasteiger partial charge is 0.327 e. The van der Waals surface area contributed by atoms with Crippen molar-refractivity contribution in [2.24, 2.45) is 23.0 Å². The SMILES string of the molecule is CC1(C)[C@H](N)[C@H]1C1CCCC1. The first-order valence-electron chi connectivity index (χ1n) is 4.89. The van der Waals surface area contributed by atoms with Gasteiger partial charge in [-0.1, -0.05) is 39.5 Å². The van der Waals surface area contributed by atoms with Gasteiger partial charge in [-0.25, -0.2) is 0 Å². The lowest BCUT2D eigenvalue weighted by atomic mass is 9.96. The Morgan fingerprint density at radius 3 is 2.00 bits per heavy atom. The zero-order valence-corrected chi connectivity index (χ0v) is 7.64. The summed E-state index contributed by atoms with van der Waals surface area (Å²) in [7, 11) is 0. The van der Waals surface area contributed by atoms with Crippen LogP contribution < -0.4 is 5.73 Å². The molecule has 2 aliphatic carbocycles.